The topological polar surface area (TPSA) is 59.0 Å². The normalized spacial score (nSPS) is 13.9. The van der Waals surface area contributed by atoms with Crippen molar-refractivity contribution >= 4 is 27.2 Å². The van der Waals surface area contributed by atoms with Crippen LogP contribution in [0.15, 0.2) is 66.7 Å². The monoisotopic (exact) mass is 473 g/mol. The number of ether oxygens (including phenoxy) is 2. The van der Waals surface area contributed by atoms with E-state index in [0.717, 1.165) is 40.2 Å². The Balaban J connectivity index is 1.46. The third kappa shape index (κ3) is 4.52. The van der Waals surface area contributed by atoms with Crippen LogP contribution in [0.2, 0.25) is 0 Å². The molecule has 0 saturated carbocycles. The summed E-state index contributed by atoms with van der Waals surface area (Å²) in [6.45, 7) is 3.74. The Morgan fingerprint density at radius 3 is 2.53 bits per heavy atom. The molecule has 34 heavy (non-hydrogen) atoms. The van der Waals surface area contributed by atoms with Crippen LogP contribution in [-0.2, 0) is 0 Å². The molecule has 0 unspecified atom stereocenters. The van der Waals surface area contributed by atoms with Gasteiger partial charge in [-0.1, -0.05) is 18.2 Å². The number of carbonyl (C=O) groups excluding carboxylic acids is 1. The van der Waals surface area contributed by atoms with Gasteiger partial charge in [-0.25, -0.2) is 0 Å². The van der Waals surface area contributed by atoms with Crippen LogP contribution in [0.3, 0.4) is 0 Å². The summed E-state index contributed by atoms with van der Waals surface area (Å²) in [4.78, 5) is 17.1. The Kier molecular flexibility index (Phi) is 6.52. The number of hydrogen-bond acceptors (Lipinski definition) is 6. The van der Waals surface area contributed by atoms with Crippen LogP contribution in [0.25, 0.3) is 20.5 Å². The molecular weight excluding hydrogens is 446 g/mol. The van der Waals surface area contributed by atoms with E-state index in [-0.39, 0.29) is 11.5 Å². The number of rotatable bonds is 8. The molecule has 0 atom stereocenters. The molecule has 3 aromatic carbocycles. The van der Waals surface area contributed by atoms with Gasteiger partial charge in [0.1, 0.15) is 12.4 Å². The number of nitrogens with zero attached hydrogens (tertiary/aromatic N) is 1. The predicted octanol–water partition coefficient (Wildman–Crippen LogP) is 5.99. The van der Waals surface area contributed by atoms with Crippen LogP contribution in [0.4, 0.5) is 0 Å². The predicted molar refractivity (Wildman–Crippen MR) is 137 cm³/mol. The lowest BCUT2D eigenvalue weighted by Gasteiger charge is -2.16. The van der Waals surface area contributed by atoms with Crippen LogP contribution in [0, 0.1) is 0 Å². The number of carbonyl (C=O) groups is 1. The largest absolute Gasteiger partial charge is 0.508 e. The molecule has 5 nitrogen and oxygen atoms in total. The standard InChI is InChI=1S/C28H27NO4S/c1-32-24-18-20(10-13-23(24)33-17-16-29-14-4-5-15-29)27(31)26-22-6-2-3-7-25(22)34-28(26)19-8-11-21(30)12-9-19/h2-3,6-13,18,30H,4-5,14-17H2,1H3. The highest BCUT2D eigenvalue weighted by Gasteiger charge is 2.22. The number of hydrogen-bond donors (Lipinski definition) is 1. The van der Waals surface area contributed by atoms with E-state index in [0.29, 0.717) is 29.2 Å². The van der Waals surface area contributed by atoms with E-state index in [9.17, 15) is 9.90 Å². The van der Waals surface area contributed by atoms with Crippen LogP contribution in [0.1, 0.15) is 28.8 Å². The van der Waals surface area contributed by atoms with Gasteiger partial charge in [-0.15, -0.1) is 11.3 Å². The lowest BCUT2D eigenvalue weighted by Crippen LogP contribution is -2.25. The summed E-state index contributed by atoms with van der Waals surface area (Å²) in [6, 6.07) is 20.3. The number of aromatic hydroxyl groups is 1. The van der Waals surface area contributed by atoms with Gasteiger partial charge in [-0.3, -0.25) is 9.69 Å². The van der Waals surface area contributed by atoms with E-state index in [1.54, 1.807) is 36.6 Å². The average Bonchev–Trinajstić information content (AvgIpc) is 3.52. The van der Waals surface area contributed by atoms with Gasteiger partial charge in [-0.2, -0.15) is 0 Å². The SMILES string of the molecule is COc1cc(C(=O)c2c(-c3ccc(O)cc3)sc3ccccc23)ccc1OCCN1CCCC1. The number of thiophene rings is 1. The summed E-state index contributed by atoms with van der Waals surface area (Å²) < 4.78 is 12.6. The van der Waals surface area contributed by atoms with Crippen molar-refractivity contribution in [1.29, 1.82) is 0 Å². The Hall–Kier alpha value is -3.35. The smallest absolute Gasteiger partial charge is 0.195 e. The van der Waals surface area contributed by atoms with E-state index >= 15 is 0 Å². The summed E-state index contributed by atoms with van der Waals surface area (Å²) in [5.74, 6) is 1.33. The first kappa shape index (κ1) is 22.4. The van der Waals surface area contributed by atoms with Crippen LogP contribution < -0.4 is 9.47 Å². The van der Waals surface area contributed by atoms with E-state index < -0.39 is 0 Å². The maximum absolute atomic E-state index is 13.8. The van der Waals surface area contributed by atoms with Gasteiger partial charge in [0.15, 0.2) is 17.3 Å². The van der Waals surface area contributed by atoms with Crippen LogP contribution >= 0.6 is 11.3 Å². The lowest BCUT2D eigenvalue weighted by molar-refractivity contribution is 0.104. The second-order valence-corrected chi connectivity index (χ2v) is 9.49. The molecule has 6 heteroatoms. The zero-order chi connectivity index (χ0) is 23.5. The van der Waals surface area contributed by atoms with Gasteiger partial charge < -0.3 is 14.6 Å². The summed E-state index contributed by atoms with van der Waals surface area (Å²) in [5, 5.41) is 10.6. The molecular formula is C28H27NO4S. The first-order valence-electron chi connectivity index (χ1n) is 11.5. The highest BCUT2D eigenvalue weighted by molar-refractivity contribution is 7.22. The Morgan fingerprint density at radius 1 is 1.00 bits per heavy atom. The Labute approximate surface area is 203 Å². The van der Waals surface area contributed by atoms with Crippen molar-refractivity contribution in [3.8, 4) is 27.7 Å². The Bertz CT molecular complexity index is 1310. The number of benzene rings is 3. The molecule has 1 aliphatic rings. The highest BCUT2D eigenvalue weighted by Crippen LogP contribution is 2.41. The molecule has 1 N–H and O–H groups in total. The second kappa shape index (κ2) is 9.87. The third-order valence-corrected chi connectivity index (χ3v) is 7.46. The van der Waals surface area contributed by atoms with Crippen molar-refractivity contribution in [3.63, 3.8) is 0 Å². The number of phenolic OH excluding ortho intramolecular Hbond substituents is 1. The molecule has 0 aliphatic carbocycles. The first-order chi connectivity index (χ1) is 16.6. The number of ketones is 1. The summed E-state index contributed by atoms with van der Waals surface area (Å²) >= 11 is 1.58. The minimum Gasteiger partial charge on any atom is -0.508 e. The maximum Gasteiger partial charge on any atom is 0.195 e. The molecule has 1 aliphatic heterocycles. The van der Waals surface area contributed by atoms with Gasteiger partial charge in [0.25, 0.3) is 0 Å². The van der Waals surface area contributed by atoms with Crippen molar-refractivity contribution in [2.45, 2.75) is 12.8 Å². The summed E-state index contributed by atoms with van der Waals surface area (Å²) in [7, 11) is 1.60. The second-order valence-electron chi connectivity index (χ2n) is 8.44. The van der Waals surface area contributed by atoms with Crippen LogP contribution in [-0.4, -0.2) is 49.1 Å². The fraction of sp³-hybridized carbons (Fsp3) is 0.250. The molecule has 1 saturated heterocycles. The number of likely N-dealkylation sites (tertiary alicyclic amines) is 1. The minimum absolute atomic E-state index is 0.0672. The van der Waals surface area contributed by atoms with Crippen molar-refractivity contribution < 1.29 is 19.4 Å². The average molecular weight is 474 g/mol. The zero-order valence-electron chi connectivity index (χ0n) is 19.1. The number of fused-ring (bicyclic) bond motifs is 1. The van der Waals surface area contributed by atoms with Crippen LogP contribution in [0.5, 0.6) is 17.2 Å². The van der Waals surface area contributed by atoms with Crippen molar-refractivity contribution in [1.82, 2.24) is 4.90 Å². The highest BCUT2D eigenvalue weighted by atomic mass is 32.1. The van der Waals surface area contributed by atoms with E-state index in [2.05, 4.69) is 4.90 Å². The van der Waals surface area contributed by atoms with E-state index in [4.69, 9.17) is 9.47 Å². The fourth-order valence-electron chi connectivity index (χ4n) is 4.45. The molecule has 5 rings (SSSR count). The van der Waals surface area contributed by atoms with Gasteiger partial charge >= 0.3 is 0 Å². The van der Waals surface area contributed by atoms with Crippen molar-refractivity contribution in [2.24, 2.45) is 0 Å². The van der Waals surface area contributed by atoms with Gasteiger partial charge in [0, 0.05) is 32.6 Å². The maximum atomic E-state index is 13.8. The first-order valence-corrected chi connectivity index (χ1v) is 12.3. The quantitative estimate of drug-likeness (QED) is 0.319. The molecule has 1 aromatic heterocycles. The number of phenols is 1. The number of methoxy groups -OCH3 is 1. The van der Waals surface area contributed by atoms with Gasteiger partial charge in [-0.05, 0) is 80.0 Å². The van der Waals surface area contributed by atoms with Crippen molar-refractivity contribution in [3.05, 3.63) is 77.9 Å². The molecule has 1 fully saturated rings. The van der Waals surface area contributed by atoms with Gasteiger partial charge in [0.05, 0.1) is 7.11 Å². The van der Waals surface area contributed by atoms with Gasteiger partial charge in [0.2, 0.25) is 0 Å². The molecule has 2 heterocycles. The molecule has 0 bridgehead atoms. The van der Waals surface area contributed by atoms with E-state index in [1.807, 2.05) is 48.5 Å². The fourth-order valence-corrected chi connectivity index (χ4v) is 5.66. The molecule has 4 aromatic rings. The Morgan fingerprint density at radius 2 is 1.76 bits per heavy atom. The third-order valence-electron chi connectivity index (χ3n) is 6.24. The zero-order valence-corrected chi connectivity index (χ0v) is 19.9. The molecule has 174 valence electrons. The molecule has 0 radical (unpaired) electrons. The molecule has 0 spiro atoms. The van der Waals surface area contributed by atoms with E-state index in [1.165, 1.54) is 12.8 Å². The molecule has 0 amide bonds. The minimum atomic E-state index is -0.0672. The lowest BCUT2D eigenvalue weighted by atomic mass is 9.97. The van der Waals surface area contributed by atoms with Crippen molar-refractivity contribution in [2.75, 3.05) is 33.4 Å². The summed E-state index contributed by atoms with van der Waals surface area (Å²) in [5.41, 5.74) is 2.11. The summed E-state index contributed by atoms with van der Waals surface area (Å²) in [6.07, 6.45) is 2.51.